The van der Waals surface area contributed by atoms with E-state index < -0.39 is 11.6 Å². The van der Waals surface area contributed by atoms with Crippen molar-refractivity contribution in [2.75, 3.05) is 11.9 Å². The van der Waals surface area contributed by atoms with E-state index in [1.807, 2.05) is 12.1 Å². The molecule has 0 saturated heterocycles. The van der Waals surface area contributed by atoms with Crippen molar-refractivity contribution >= 4 is 11.5 Å². The van der Waals surface area contributed by atoms with Crippen LogP contribution in [0.5, 0.6) is 0 Å². The van der Waals surface area contributed by atoms with E-state index in [1.54, 1.807) is 6.07 Å². The van der Waals surface area contributed by atoms with Crippen molar-refractivity contribution in [1.29, 1.82) is 0 Å². The lowest BCUT2D eigenvalue weighted by Gasteiger charge is -2.06. The first-order valence-corrected chi connectivity index (χ1v) is 6.48. The molecular weight excluding hydrogens is 260 g/mol. The van der Waals surface area contributed by atoms with E-state index in [4.69, 9.17) is 0 Å². The van der Waals surface area contributed by atoms with Crippen molar-refractivity contribution in [2.45, 2.75) is 12.8 Å². The summed E-state index contributed by atoms with van der Waals surface area (Å²) in [6, 6.07) is 9.30. The molecule has 2 aromatic carbocycles. The number of hydrogen-bond acceptors (Lipinski definition) is 2. The number of carbonyl (C=O) groups is 1. The van der Waals surface area contributed by atoms with E-state index in [-0.39, 0.29) is 17.8 Å². The molecule has 20 heavy (non-hydrogen) atoms. The highest BCUT2D eigenvalue weighted by atomic mass is 19.2. The van der Waals surface area contributed by atoms with Crippen LogP contribution in [0.4, 0.5) is 14.5 Å². The van der Waals surface area contributed by atoms with Gasteiger partial charge in [0.2, 0.25) is 0 Å². The molecule has 1 heterocycles. The number of ketones is 1. The fraction of sp³-hybridized carbons (Fsp3) is 0.188. The largest absolute Gasteiger partial charge is 0.384 e. The van der Waals surface area contributed by atoms with Crippen molar-refractivity contribution in [3.63, 3.8) is 0 Å². The number of nitrogens with one attached hydrogen (secondary N) is 1. The zero-order valence-electron chi connectivity index (χ0n) is 10.7. The second-order valence-corrected chi connectivity index (χ2v) is 4.86. The van der Waals surface area contributed by atoms with Crippen LogP contribution in [-0.2, 0) is 12.8 Å². The van der Waals surface area contributed by atoms with Gasteiger partial charge in [0.05, 0.1) is 0 Å². The van der Waals surface area contributed by atoms with Crippen LogP contribution in [0, 0.1) is 11.6 Å². The van der Waals surface area contributed by atoms with Crippen molar-refractivity contribution in [2.24, 2.45) is 0 Å². The Hall–Kier alpha value is -2.23. The van der Waals surface area contributed by atoms with Gasteiger partial charge in [-0.15, -0.1) is 0 Å². The van der Waals surface area contributed by atoms with Crippen LogP contribution < -0.4 is 5.32 Å². The summed E-state index contributed by atoms with van der Waals surface area (Å²) < 4.78 is 26.7. The highest BCUT2D eigenvalue weighted by molar-refractivity contribution is 5.98. The Morgan fingerprint density at radius 1 is 1.20 bits per heavy atom. The third-order valence-corrected chi connectivity index (χ3v) is 3.52. The molecule has 0 saturated carbocycles. The summed E-state index contributed by atoms with van der Waals surface area (Å²) in [7, 11) is 0. The third kappa shape index (κ3) is 2.29. The Kier molecular flexibility index (Phi) is 3.22. The predicted molar refractivity (Wildman–Crippen MR) is 73.0 cm³/mol. The maximum Gasteiger partial charge on any atom is 0.167 e. The van der Waals surface area contributed by atoms with E-state index in [0.717, 1.165) is 30.3 Å². The third-order valence-electron chi connectivity index (χ3n) is 3.52. The van der Waals surface area contributed by atoms with Gasteiger partial charge in [-0.25, -0.2) is 8.78 Å². The standard InChI is InChI=1S/C16H13F2NO/c17-13-3-1-2-12(16(13)18)9-15(20)11-4-5-14-10(8-11)6-7-19-14/h1-5,8,19H,6-7,9H2. The molecule has 2 nitrogen and oxygen atoms in total. The maximum absolute atomic E-state index is 13.6. The predicted octanol–water partition coefficient (Wildman–Crippen LogP) is 3.36. The van der Waals surface area contributed by atoms with Crippen LogP contribution in [0.15, 0.2) is 36.4 Å². The Bertz CT molecular complexity index is 682. The number of rotatable bonds is 3. The minimum atomic E-state index is -0.941. The van der Waals surface area contributed by atoms with Crippen LogP contribution in [0.2, 0.25) is 0 Å². The van der Waals surface area contributed by atoms with E-state index in [1.165, 1.54) is 12.1 Å². The number of hydrogen-bond donors (Lipinski definition) is 1. The second-order valence-electron chi connectivity index (χ2n) is 4.86. The van der Waals surface area contributed by atoms with Crippen LogP contribution in [0.1, 0.15) is 21.5 Å². The van der Waals surface area contributed by atoms with Gasteiger partial charge in [-0.05, 0) is 41.8 Å². The molecular formula is C16H13F2NO. The first-order chi connectivity index (χ1) is 9.65. The molecule has 1 N–H and O–H groups in total. The van der Waals surface area contributed by atoms with Crippen molar-refractivity contribution in [3.05, 3.63) is 64.7 Å². The first kappa shape index (κ1) is 12.8. The number of halogens is 2. The summed E-state index contributed by atoms with van der Waals surface area (Å²) in [6.07, 6.45) is 0.751. The van der Waals surface area contributed by atoms with Gasteiger partial charge in [0.25, 0.3) is 0 Å². The summed E-state index contributed by atoms with van der Waals surface area (Å²) in [5.41, 5.74) is 2.76. The number of carbonyl (C=O) groups excluding carboxylic acids is 1. The normalized spacial score (nSPS) is 12.9. The van der Waals surface area contributed by atoms with Crippen LogP contribution in [0.25, 0.3) is 0 Å². The van der Waals surface area contributed by atoms with Gasteiger partial charge >= 0.3 is 0 Å². The summed E-state index contributed by atoms with van der Waals surface area (Å²) in [5, 5.41) is 3.21. The highest BCUT2D eigenvalue weighted by Crippen LogP contribution is 2.24. The quantitative estimate of drug-likeness (QED) is 0.869. The lowest BCUT2D eigenvalue weighted by atomic mass is 10.00. The van der Waals surface area contributed by atoms with Gasteiger partial charge in [-0.2, -0.15) is 0 Å². The highest BCUT2D eigenvalue weighted by Gasteiger charge is 2.16. The minimum absolute atomic E-state index is 0.0913. The Balaban J connectivity index is 1.84. The van der Waals surface area contributed by atoms with Crippen LogP contribution in [-0.4, -0.2) is 12.3 Å². The molecule has 0 aliphatic carbocycles. The molecule has 102 valence electrons. The lowest BCUT2D eigenvalue weighted by Crippen LogP contribution is -2.06. The Labute approximate surface area is 115 Å². The molecule has 0 aromatic heterocycles. The molecule has 0 unspecified atom stereocenters. The minimum Gasteiger partial charge on any atom is -0.384 e. The van der Waals surface area contributed by atoms with E-state index in [9.17, 15) is 13.6 Å². The van der Waals surface area contributed by atoms with Gasteiger partial charge in [0, 0.05) is 24.2 Å². The van der Waals surface area contributed by atoms with Gasteiger partial charge in [0.1, 0.15) is 0 Å². The molecule has 0 bridgehead atoms. The monoisotopic (exact) mass is 273 g/mol. The summed E-state index contributed by atoms with van der Waals surface area (Å²) in [5.74, 6) is -2.07. The zero-order valence-corrected chi connectivity index (χ0v) is 10.7. The van der Waals surface area contributed by atoms with E-state index >= 15 is 0 Å². The van der Waals surface area contributed by atoms with E-state index in [0.29, 0.717) is 5.56 Å². The smallest absolute Gasteiger partial charge is 0.167 e. The fourth-order valence-electron chi connectivity index (χ4n) is 2.44. The molecule has 1 aliphatic heterocycles. The topological polar surface area (TPSA) is 29.1 Å². The number of fused-ring (bicyclic) bond motifs is 1. The van der Waals surface area contributed by atoms with Gasteiger partial charge in [0.15, 0.2) is 17.4 Å². The zero-order chi connectivity index (χ0) is 14.1. The van der Waals surface area contributed by atoms with Gasteiger partial charge < -0.3 is 5.32 Å². The fourth-order valence-corrected chi connectivity index (χ4v) is 2.44. The Morgan fingerprint density at radius 2 is 2.05 bits per heavy atom. The summed E-state index contributed by atoms with van der Waals surface area (Å²) in [6.45, 7) is 0.867. The Morgan fingerprint density at radius 3 is 2.90 bits per heavy atom. The van der Waals surface area contributed by atoms with Crippen LogP contribution in [0.3, 0.4) is 0 Å². The molecule has 0 atom stereocenters. The molecule has 0 fully saturated rings. The summed E-state index contributed by atoms with van der Waals surface area (Å²) in [4.78, 5) is 12.2. The second kappa shape index (κ2) is 5.04. The molecule has 0 spiro atoms. The average molecular weight is 273 g/mol. The average Bonchev–Trinajstić information content (AvgIpc) is 2.91. The number of Topliss-reactive ketones (excluding diaryl/α,β-unsaturated/α-hetero) is 1. The lowest BCUT2D eigenvalue weighted by molar-refractivity contribution is 0.0991. The van der Waals surface area contributed by atoms with Gasteiger partial charge in [-0.1, -0.05) is 12.1 Å². The van der Waals surface area contributed by atoms with Crippen molar-refractivity contribution in [3.8, 4) is 0 Å². The molecule has 2 aromatic rings. The van der Waals surface area contributed by atoms with Crippen molar-refractivity contribution in [1.82, 2.24) is 0 Å². The molecule has 4 heteroatoms. The molecule has 1 aliphatic rings. The first-order valence-electron chi connectivity index (χ1n) is 6.48. The number of benzene rings is 2. The summed E-state index contributed by atoms with van der Waals surface area (Å²) >= 11 is 0. The molecule has 3 rings (SSSR count). The van der Waals surface area contributed by atoms with E-state index in [2.05, 4.69) is 5.32 Å². The molecule has 0 radical (unpaired) electrons. The maximum atomic E-state index is 13.6. The molecule has 0 amide bonds. The SMILES string of the molecule is O=C(Cc1cccc(F)c1F)c1ccc2c(c1)CCN2. The van der Waals surface area contributed by atoms with Crippen LogP contribution >= 0.6 is 0 Å². The van der Waals surface area contributed by atoms with Crippen molar-refractivity contribution < 1.29 is 13.6 Å². The number of anilines is 1. The van der Waals surface area contributed by atoms with Gasteiger partial charge in [-0.3, -0.25) is 4.79 Å².